The molecule has 2 aromatic rings. The van der Waals surface area contributed by atoms with Crippen LogP contribution in [0.5, 0.6) is 0 Å². The van der Waals surface area contributed by atoms with Crippen molar-refractivity contribution < 1.29 is 9.21 Å². The minimum Gasteiger partial charge on any atom is -0.455 e. The number of nitrogens with one attached hydrogen (secondary N) is 1. The maximum absolute atomic E-state index is 12.4. The van der Waals surface area contributed by atoms with E-state index in [0.29, 0.717) is 17.6 Å². The van der Waals surface area contributed by atoms with E-state index in [1.54, 1.807) is 24.0 Å². The Hall–Kier alpha value is -1.73. The maximum atomic E-state index is 12.4. The number of carbonyl (C=O) groups is 1. The Labute approximate surface area is 133 Å². The van der Waals surface area contributed by atoms with Gasteiger partial charge in [0.05, 0.1) is 5.75 Å². The Bertz CT molecular complexity index is 652. The molecule has 6 nitrogen and oxygen atoms in total. The SMILES string of the molecule is CC1CN(C(=O)c2ccc(CSc3nccn3C)o2)CCN1. The van der Waals surface area contributed by atoms with Crippen molar-refractivity contribution in [2.24, 2.45) is 7.05 Å². The van der Waals surface area contributed by atoms with Crippen molar-refractivity contribution in [3.05, 3.63) is 36.0 Å². The van der Waals surface area contributed by atoms with Crippen LogP contribution in [0.25, 0.3) is 0 Å². The lowest BCUT2D eigenvalue weighted by Gasteiger charge is -2.31. The van der Waals surface area contributed by atoms with Crippen molar-refractivity contribution in [2.75, 3.05) is 19.6 Å². The molecule has 2 aromatic heterocycles. The zero-order chi connectivity index (χ0) is 15.5. The lowest BCUT2D eigenvalue weighted by Crippen LogP contribution is -2.51. The molecule has 1 fully saturated rings. The number of piperazine rings is 1. The number of aryl methyl sites for hydroxylation is 1. The van der Waals surface area contributed by atoms with Crippen LogP contribution in [0.2, 0.25) is 0 Å². The van der Waals surface area contributed by atoms with Crippen LogP contribution < -0.4 is 5.32 Å². The molecule has 0 radical (unpaired) electrons. The third-order valence-electron chi connectivity index (χ3n) is 3.65. The second kappa shape index (κ2) is 6.58. The summed E-state index contributed by atoms with van der Waals surface area (Å²) < 4.78 is 7.66. The van der Waals surface area contributed by atoms with Gasteiger partial charge in [-0.05, 0) is 19.1 Å². The van der Waals surface area contributed by atoms with Gasteiger partial charge in [-0.3, -0.25) is 4.79 Å². The van der Waals surface area contributed by atoms with Gasteiger partial charge in [-0.15, -0.1) is 0 Å². The second-order valence-electron chi connectivity index (χ2n) is 5.48. The molecular formula is C15H20N4O2S. The number of carbonyl (C=O) groups excluding carboxylic acids is 1. The smallest absolute Gasteiger partial charge is 0.289 e. The number of aromatic nitrogens is 2. The number of thioether (sulfide) groups is 1. The minimum atomic E-state index is -0.0263. The molecule has 1 aliphatic heterocycles. The number of rotatable bonds is 4. The molecule has 1 atom stereocenters. The molecule has 0 spiro atoms. The van der Waals surface area contributed by atoms with Gasteiger partial charge in [0.25, 0.3) is 5.91 Å². The molecule has 118 valence electrons. The first-order valence-electron chi connectivity index (χ1n) is 7.35. The summed E-state index contributed by atoms with van der Waals surface area (Å²) in [5, 5.41) is 4.26. The van der Waals surface area contributed by atoms with Crippen molar-refractivity contribution in [2.45, 2.75) is 23.9 Å². The highest BCUT2D eigenvalue weighted by Crippen LogP contribution is 2.22. The zero-order valence-electron chi connectivity index (χ0n) is 12.8. The largest absolute Gasteiger partial charge is 0.455 e. The van der Waals surface area contributed by atoms with Crippen molar-refractivity contribution in [3.8, 4) is 0 Å². The predicted molar refractivity (Wildman–Crippen MR) is 84.8 cm³/mol. The number of hydrogen-bond acceptors (Lipinski definition) is 5. The van der Waals surface area contributed by atoms with Crippen molar-refractivity contribution in [1.82, 2.24) is 19.8 Å². The quantitative estimate of drug-likeness (QED) is 0.870. The van der Waals surface area contributed by atoms with Gasteiger partial charge >= 0.3 is 0 Å². The number of hydrogen-bond donors (Lipinski definition) is 1. The first-order valence-corrected chi connectivity index (χ1v) is 8.33. The monoisotopic (exact) mass is 320 g/mol. The fourth-order valence-electron chi connectivity index (χ4n) is 2.47. The Morgan fingerprint density at radius 2 is 2.41 bits per heavy atom. The van der Waals surface area contributed by atoms with E-state index >= 15 is 0 Å². The van der Waals surface area contributed by atoms with E-state index in [0.717, 1.165) is 30.6 Å². The van der Waals surface area contributed by atoms with E-state index in [1.165, 1.54) is 0 Å². The molecule has 1 amide bonds. The second-order valence-corrected chi connectivity index (χ2v) is 6.42. The van der Waals surface area contributed by atoms with Gasteiger partial charge in [-0.25, -0.2) is 4.98 Å². The van der Waals surface area contributed by atoms with Gasteiger partial charge in [0.1, 0.15) is 5.76 Å². The summed E-state index contributed by atoms with van der Waals surface area (Å²) in [6, 6.07) is 3.96. The van der Waals surface area contributed by atoms with Gasteiger partial charge in [0.2, 0.25) is 0 Å². The molecule has 1 unspecified atom stereocenters. The Kier molecular flexibility index (Phi) is 4.54. The van der Waals surface area contributed by atoms with E-state index in [9.17, 15) is 4.79 Å². The Morgan fingerprint density at radius 3 is 3.14 bits per heavy atom. The maximum Gasteiger partial charge on any atom is 0.289 e. The highest BCUT2D eigenvalue weighted by molar-refractivity contribution is 7.98. The van der Waals surface area contributed by atoms with E-state index in [-0.39, 0.29) is 5.91 Å². The predicted octanol–water partition coefficient (Wildman–Crippen LogP) is 1.74. The molecule has 0 saturated carbocycles. The normalized spacial score (nSPS) is 18.6. The van der Waals surface area contributed by atoms with Gasteiger partial charge in [-0.2, -0.15) is 0 Å². The van der Waals surface area contributed by atoms with E-state index in [4.69, 9.17) is 4.42 Å². The van der Waals surface area contributed by atoms with Gasteiger partial charge in [-0.1, -0.05) is 11.8 Å². The van der Waals surface area contributed by atoms with Crippen LogP contribution in [0.4, 0.5) is 0 Å². The number of imidazole rings is 1. The highest BCUT2D eigenvalue weighted by atomic mass is 32.2. The summed E-state index contributed by atoms with van der Waals surface area (Å²) >= 11 is 1.59. The van der Waals surface area contributed by atoms with Crippen LogP contribution in [-0.2, 0) is 12.8 Å². The van der Waals surface area contributed by atoms with Crippen LogP contribution in [-0.4, -0.2) is 46.0 Å². The van der Waals surface area contributed by atoms with Gasteiger partial charge in [0, 0.05) is 45.1 Å². The van der Waals surface area contributed by atoms with Crippen LogP contribution in [0, 0.1) is 0 Å². The van der Waals surface area contributed by atoms with Gasteiger partial charge < -0.3 is 19.2 Å². The lowest BCUT2D eigenvalue weighted by molar-refractivity contribution is 0.0675. The van der Waals surface area contributed by atoms with Gasteiger partial charge in [0.15, 0.2) is 10.9 Å². The number of amides is 1. The molecule has 22 heavy (non-hydrogen) atoms. The molecule has 1 N–H and O–H groups in total. The minimum absolute atomic E-state index is 0.0263. The number of furan rings is 1. The van der Waals surface area contributed by atoms with Crippen LogP contribution in [0.1, 0.15) is 23.2 Å². The average Bonchev–Trinajstić information content (AvgIpc) is 3.13. The van der Waals surface area contributed by atoms with Crippen LogP contribution in [0.15, 0.2) is 34.1 Å². The fourth-order valence-corrected chi connectivity index (χ4v) is 3.30. The molecule has 1 aliphatic rings. The highest BCUT2D eigenvalue weighted by Gasteiger charge is 2.23. The number of nitrogens with zero attached hydrogens (tertiary/aromatic N) is 3. The zero-order valence-corrected chi connectivity index (χ0v) is 13.6. The fraction of sp³-hybridized carbons (Fsp3) is 0.467. The van der Waals surface area contributed by atoms with Crippen LogP contribution in [0.3, 0.4) is 0 Å². The molecule has 3 rings (SSSR count). The summed E-state index contributed by atoms with van der Waals surface area (Å²) in [5.74, 6) is 1.85. The molecular weight excluding hydrogens is 300 g/mol. The van der Waals surface area contributed by atoms with E-state index < -0.39 is 0 Å². The molecule has 3 heterocycles. The lowest BCUT2D eigenvalue weighted by atomic mass is 10.2. The van der Waals surface area contributed by atoms with E-state index in [2.05, 4.69) is 17.2 Å². The first kappa shape index (κ1) is 15.2. The standard InChI is InChI=1S/C15H20N4O2S/c1-11-9-19(8-6-16-11)14(20)13-4-3-12(21-13)10-22-15-17-5-7-18(15)2/h3-5,7,11,16H,6,8-10H2,1-2H3. The van der Waals surface area contributed by atoms with Crippen molar-refractivity contribution >= 4 is 17.7 Å². The molecule has 1 saturated heterocycles. The van der Waals surface area contributed by atoms with E-state index in [1.807, 2.05) is 28.8 Å². The topological polar surface area (TPSA) is 63.3 Å². The Morgan fingerprint density at radius 1 is 1.55 bits per heavy atom. The molecule has 0 aromatic carbocycles. The summed E-state index contributed by atoms with van der Waals surface area (Å²) in [7, 11) is 1.96. The summed E-state index contributed by atoms with van der Waals surface area (Å²) in [5.41, 5.74) is 0. The third-order valence-corrected chi connectivity index (χ3v) is 4.73. The van der Waals surface area contributed by atoms with Crippen LogP contribution >= 0.6 is 11.8 Å². The molecule has 0 aliphatic carbocycles. The first-order chi connectivity index (χ1) is 10.6. The summed E-state index contributed by atoms with van der Waals surface area (Å²) in [4.78, 5) is 18.5. The van der Waals surface area contributed by atoms with Crippen molar-refractivity contribution in [3.63, 3.8) is 0 Å². The average molecular weight is 320 g/mol. The molecule has 7 heteroatoms. The third kappa shape index (κ3) is 3.36. The summed E-state index contributed by atoms with van der Waals surface area (Å²) in [6.07, 6.45) is 3.68. The molecule has 0 bridgehead atoms. The van der Waals surface area contributed by atoms with Crippen molar-refractivity contribution in [1.29, 1.82) is 0 Å². The Balaban J connectivity index is 1.61. The summed E-state index contributed by atoms with van der Waals surface area (Å²) in [6.45, 7) is 4.35.